The van der Waals surface area contributed by atoms with Crippen molar-refractivity contribution in [1.29, 1.82) is 0 Å². The summed E-state index contributed by atoms with van der Waals surface area (Å²) in [4.78, 5) is 27.0. The van der Waals surface area contributed by atoms with Crippen molar-refractivity contribution in [3.63, 3.8) is 0 Å². The molecule has 0 fully saturated rings. The number of nitrogens with zero attached hydrogens (tertiary/aromatic N) is 3. The molecular weight excluding hydrogens is 420 g/mol. The average molecular weight is 437 g/mol. The lowest BCUT2D eigenvalue weighted by molar-refractivity contribution is -0.117. The van der Waals surface area contributed by atoms with E-state index >= 15 is 0 Å². The molecule has 4 aromatic rings. The van der Waals surface area contributed by atoms with E-state index in [-0.39, 0.29) is 17.7 Å². The third-order valence-corrected chi connectivity index (χ3v) is 5.97. The van der Waals surface area contributed by atoms with Crippen LogP contribution in [0.1, 0.15) is 11.6 Å². The molecule has 1 amide bonds. The minimum atomic E-state index is -0.189. The predicted molar refractivity (Wildman–Crippen MR) is 118 cm³/mol. The number of ether oxygens (including phenoxy) is 1. The number of rotatable bonds is 4. The normalized spacial score (nSPS) is 15.6. The lowest BCUT2D eigenvalue weighted by atomic mass is 10.0. The molecule has 6 nitrogen and oxygen atoms in total. The van der Waals surface area contributed by atoms with Crippen LogP contribution >= 0.6 is 23.4 Å². The Morgan fingerprint density at radius 1 is 1.20 bits per heavy atom. The number of nitrogens with one attached hydrogen (secondary N) is 1. The number of halogens is 1. The van der Waals surface area contributed by atoms with Crippen molar-refractivity contribution < 1.29 is 9.53 Å². The fourth-order valence-corrected chi connectivity index (χ4v) is 4.43. The van der Waals surface area contributed by atoms with Crippen LogP contribution in [-0.2, 0) is 4.79 Å². The number of aromatic amines is 1. The maximum atomic E-state index is 13.4. The zero-order chi connectivity index (χ0) is 20.5. The van der Waals surface area contributed by atoms with E-state index in [1.54, 1.807) is 12.3 Å². The first kappa shape index (κ1) is 19.0. The number of imidazole rings is 1. The van der Waals surface area contributed by atoms with E-state index in [0.717, 1.165) is 16.8 Å². The molecule has 0 saturated heterocycles. The molecule has 1 aliphatic rings. The molecule has 2 aromatic heterocycles. The number of hydrogen-bond acceptors (Lipinski definition) is 5. The maximum absolute atomic E-state index is 13.4. The van der Waals surface area contributed by atoms with Gasteiger partial charge in [0.15, 0.2) is 10.8 Å². The molecule has 0 aliphatic carbocycles. The van der Waals surface area contributed by atoms with Gasteiger partial charge in [-0.15, -0.1) is 0 Å². The van der Waals surface area contributed by atoms with Gasteiger partial charge in [-0.2, -0.15) is 0 Å². The highest BCUT2D eigenvalue weighted by molar-refractivity contribution is 7.99. The first-order chi connectivity index (χ1) is 14.7. The molecule has 0 radical (unpaired) electrons. The van der Waals surface area contributed by atoms with Gasteiger partial charge in [0, 0.05) is 6.20 Å². The number of fused-ring (bicyclic) bond motifs is 2. The number of carbonyl (C=O) groups is 1. The van der Waals surface area contributed by atoms with Crippen LogP contribution < -0.4 is 9.64 Å². The molecular formula is C22H17ClN4O2S. The molecule has 8 heteroatoms. The van der Waals surface area contributed by atoms with Gasteiger partial charge in [-0.3, -0.25) is 9.69 Å². The van der Waals surface area contributed by atoms with Crippen LogP contribution in [0, 0.1) is 0 Å². The van der Waals surface area contributed by atoms with Gasteiger partial charge < -0.3 is 9.72 Å². The minimum absolute atomic E-state index is 0.0175. The monoisotopic (exact) mass is 436 g/mol. The van der Waals surface area contributed by atoms with Crippen LogP contribution in [0.5, 0.6) is 5.75 Å². The Morgan fingerprint density at radius 3 is 2.87 bits per heavy atom. The fourth-order valence-electron chi connectivity index (χ4n) is 3.54. The molecule has 2 aromatic carbocycles. The number of H-pyrrole nitrogens is 1. The van der Waals surface area contributed by atoms with E-state index in [0.29, 0.717) is 28.2 Å². The zero-order valence-electron chi connectivity index (χ0n) is 15.8. The number of pyridine rings is 1. The van der Waals surface area contributed by atoms with Crippen molar-refractivity contribution >= 4 is 46.1 Å². The summed E-state index contributed by atoms with van der Waals surface area (Å²) in [5, 5.41) is 1.17. The quantitative estimate of drug-likeness (QED) is 0.462. The summed E-state index contributed by atoms with van der Waals surface area (Å²) in [7, 11) is 0. The molecule has 0 unspecified atom stereocenters. The van der Waals surface area contributed by atoms with Crippen LogP contribution in [0.4, 0.5) is 5.69 Å². The molecule has 0 saturated carbocycles. The Labute approximate surface area is 182 Å². The Morgan fingerprint density at radius 2 is 2.00 bits per heavy atom. The number of thioether (sulfide) groups is 1. The molecule has 3 heterocycles. The number of amides is 1. The summed E-state index contributed by atoms with van der Waals surface area (Å²) in [6, 6.07) is 19.2. The van der Waals surface area contributed by atoms with Gasteiger partial charge in [-0.1, -0.05) is 65.8 Å². The Balaban J connectivity index is 1.42. The molecule has 1 N–H and O–H groups in total. The summed E-state index contributed by atoms with van der Waals surface area (Å²) >= 11 is 7.33. The summed E-state index contributed by atoms with van der Waals surface area (Å²) < 4.78 is 5.94. The molecule has 150 valence electrons. The summed E-state index contributed by atoms with van der Waals surface area (Å²) in [6.45, 7) is 0.407. The van der Waals surface area contributed by atoms with Crippen LogP contribution in [0.3, 0.4) is 0 Å². The van der Waals surface area contributed by atoms with Gasteiger partial charge in [-0.05, 0) is 23.8 Å². The van der Waals surface area contributed by atoms with E-state index in [1.165, 1.54) is 11.8 Å². The molecule has 0 spiro atoms. The standard InChI is InChI=1S/C22H17ClN4O2S/c23-15-10-16-21(24-11-15)26-22(25-16)30-13-20(28)27-17-8-4-5-9-19(17)29-12-18(27)14-6-2-1-3-7-14/h1-11,18H,12-13H2,(H,24,25,26)/t18-/m0/s1. The second kappa shape index (κ2) is 8.01. The predicted octanol–water partition coefficient (Wildman–Crippen LogP) is 4.87. The number of aromatic nitrogens is 3. The molecule has 0 bridgehead atoms. The summed E-state index contributed by atoms with van der Waals surface area (Å²) in [6.07, 6.45) is 1.56. The number of para-hydroxylation sites is 2. The van der Waals surface area contributed by atoms with Crippen molar-refractivity contribution in [2.45, 2.75) is 11.2 Å². The smallest absolute Gasteiger partial charge is 0.238 e. The highest BCUT2D eigenvalue weighted by Gasteiger charge is 2.33. The average Bonchev–Trinajstić information content (AvgIpc) is 3.19. The van der Waals surface area contributed by atoms with E-state index < -0.39 is 0 Å². The van der Waals surface area contributed by atoms with Crippen molar-refractivity contribution in [3.8, 4) is 5.75 Å². The first-order valence-corrected chi connectivity index (χ1v) is 10.8. The van der Waals surface area contributed by atoms with Crippen LogP contribution in [0.2, 0.25) is 5.02 Å². The van der Waals surface area contributed by atoms with Crippen LogP contribution in [0.25, 0.3) is 11.2 Å². The number of carbonyl (C=O) groups excluding carboxylic acids is 1. The summed E-state index contributed by atoms with van der Waals surface area (Å²) in [5.74, 6) is 0.923. The highest BCUT2D eigenvalue weighted by Crippen LogP contribution is 2.39. The van der Waals surface area contributed by atoms with Gasteiger partial charge in [0.1, 0.15) is 12.4 Å². The van der Waals surface area contributed by atoms with E-state index in [9.17, 15) is 4.79 Å². The molecule has 1 atom stereocenters. The second-order valence-electron chi connectivity index (χ2n) is 6.82. The van der Waals surface area contributed by atoms with Gasteiger partial charge in [0.2, 0.25) is 5.91 Å². The second-order valence-corrected chi connectivity index (χ2v) is 8.22. The Kier molecular flexibility index (Phi) is 5.06. The highest BCUT2D eigenvalue weighted by atomic mass is 35.5. The van der Waals surface area contributed by atoms with Crippen molar-refractivity contribution in [2.24, 2.45) is 0 Å². The minimum Gasteiger partial charge on any atom is -0.489 e. The van der Waals surface area contributed by atoms with Crippen molar-refractivity contribution in [1.82, 2.24) is 15.0 Å². The van der Waals surface area contributed by atoms with Gasteiger partial charge in [0.05, 0.1) is 28.0 Å². The van der Waals surface area contributed by atoms with E-state index in [4.69, 9.17) is 16.3 Å². The third-order valence-electron chi connectivity index (χ3n) is 4.90. The number of benzene rings is 2. The summed E-state index contributed by atoms with van der Waals surface area (Å²) in [5.41, 5.74) is 3.14. The number of hydrogen-bond donors (Lipinski definition) is 1. The van der Waals surface area contributed by atoms with Crippen molar-refractivity contribution in [3.05, 3.63) is 77.4 Å². The first-order valence-electron chi connectivity index (χ1n) is 9.42. The van der Waals surface area contributed by atoms with Crippen LogP contribution in [-0.4, -0.2) is 33.2 Å². The van der Waals surface area contributed by atoms with Gasteiger partial charge in [0.25, 0.3) is 0 Å². The lowest BCUT2D eigenvalue weighted by Crippen LogP contribution is -2.42. The van der Waals surface area contributed by atoms with Crippen LogP contribution in [0.15, 0.2) is 72.0 Å². The zero-order valence-corrected chi connectivity index (χ0v) is 17.4. The Hall–Kier alpha value is -3.03. The fraction of sp³-hybridized carbons (Fsp3) is 0.136. The lowest BCUT2D eigenvalue weighted by Gasteiger charge is -2.37. The molecule has 5 rings (SSSR count). The number of anilines is 1. The SMILES string of the molecule is O=C(CSc1nc2ncc(Cl)cc2[nH]1)N1c2ccccc2OC[C@H]1c1ccccc1. The third kappa shape index (κ3) is 3.62. The molecule has 1 aliphatic heterocycles. The van der Waals surface area contributed by atoms with E-state index in [1.807, 2.05) is 59.5 Å². The maximum Gasteiger partial charge on any atom is 0.238 e. The largest absolute Gasteiger partial charge is 0.489 e. The van der Waals surface area contributed by atoms with Gasteiger partial charge in [-0.25, -0.2) is 9.97 Å². The van der Waals surface area contributed by atoms with Crippen molar-refractivity contribution in [2.75, 3.05) is 17.3 Å². The van der Waals surface area contributed by atoms with E-state index in [2.05, 4.69) is 15.0 Å². The Bertz CT molecular complexity index is 1210. The molecule has 30 heavy (non-hydrogen) atoms. The van der Waals surface area contributed by atoms with Gasteiger partial charge >= 0.3 is 0 Å². The topological polar surface area (TPSA) is 71.1 Å².